The lowest BCUT2D eigenvalue weighted by atomic mass is 9.82. The van der Waals surface area contributed by atoms with Gasteiger partial charge in [0.05, 0.1) is 0 Å². The third-order valence-electron chi connectivity index (χ3n) is 3.96. The van der Waals surface area contributed by atoms with Gasteiger partial charge in [0.15, 0.2) is 0 Å². The van der Waals surface area contributed by atoms with Gasteiger partial charge in [0.1, 0.15) is 0 Å². The molecule has 17 heavy (non-hydrogen) atoms. The molecule has 1 aromatic carbocycles. The number of rotatable bonds is 4. The maximum atomic E-state index is 3.58. The van der Waals surface area contributed by atoms with Crippen LogP contribution < -0.4 is 5.32 Å². The molecule has 0 saturated carbocycles. The molecule has 0 heterocycles. The second-order valence-corrected chi connectivity index (χ2v) is 6.26. The molecule has 0 bridgehead atoms. The highest BCUT2D eigenvalue weighted by Gasteiger charge is 2.19. The molecule has 1 aromatic rings. The van der Waals surface area contributed by atoms with Gasteiger partial charge in [0.25, 0.3) is 0 Å². The fraction of sp³-hybridized carbons (Fsp3) is 0.625. The number of benzene rings is 1. The molecule has 96 valence electrons. The van der Waals surface area contributed by atoms with E-state index in [9.17, 15) is 0 Å². The van der Waals surface area contributed by atoms with Crippen molar-refractivity contribution >= 4 is 0 Å². The van der Waals surface area contributed by atoms with E-state index in [0.29, 0.717) is 11.3 Å². The third-order valence-corrected chi connectivity index (χ3v) is 3.96. The minimum Gasteiger partial charge on any atom is -0.312 e. The molecule has 1 N–H and O–H groups in total. The molecule has 0 fully saturated rings. The topological polar surface area (TPSA) is 12.0 Å². The maximum absolute atomic E-state index is 3.58. The van der Waals surface area contributed by atoms with E-state index in [1.54, 1.807) is 0 Å². The first-order chi connectivity index (χ1) is 7.82. The van der Waals surface area contributed by atoms with Crippen molar-refractivity contribution in [3.63, 3.8) is 0 Å². The fourth-order valence-electron chi connectivity index (χ4n) is 1.73. The lowest BCUT2D eigenvalue weighted by molar-refractivity contribution is 0.252. The van der Waals surface area contributed by atoms with Crippen LogP contribution in [0.2, 0.25) is 0 Å². The smallest absolute Gasteiger partial charge is 0.0208 e. The monoisotopic (exact) mass is 233 g/mol. The second-order valence-electron chi connectivity index (χ2n) is 6.26. The first-order valence-electron chi connectivity index (χ1n) is 6.58. The zero-order chi connectivity index (χ0) is 13.1. The summed E-state index contributed by atoms with van der Waals surface area (Å²) in [7, 11) is 0. The van der Waals surface area contributed by atoms with Crippen LogP contribution in [0.25, 0.3) is 0 Å². The van der Waals surface area contributed by atoms with Gasteiger partial charge < -0.3 is 5.32 Å². The van der Waals surface area contributed by atoms with Crippen LogP contribution >= 0.6 is 0 Å². The molecule has 1 nitrogen and oxygen atoms in total. The van der Waals surface area contributed by atoms with Gasteiger partial charge in [-0.25, -0.2) is 0 Å². The Balaban J connectivity index is 2.49. The lowest BCUT2D eigenvalue weighted by Gasteiger charge is -2.27. The van der Waals surface area contributed by atoms with Crippen LogP contribution in [0, 0.1) is 25.2 Å². The van der Waals surface area contributed by atoms with Crippen molar-refractivity contribution in [3.8, 4) is 0 Å². The van der Waals surface area contributed by atoms with Crippen molar-refractivity contribution in [1.82, 2.24) is 5.32 Å². The summed E-state index contributed by atoms with van der Waals surface area (Å²) in [6, 6.07) is 6.54. The average Bonchev–Trinajstić information content (AvgIpc) is 2.22. The Morgan fingerprint density at radius 1 is 1.18 bits per heavy atom. The van der Waals surface area contributed by atoms with Gasteiger partial charge in [-0.3, -0.25) is 0 Å². The fourth-order valence-corrected chi connectivity index (χ4v) is 1.73. The van der Waals surface area contributed by atoms with Crippen molar-refractivity contribution in [2.24, 2.45) is 11.3 Å². The van der Waals surface area contributed by atoms with E-state index in [1.165, 1.54) is 16.7 Å². The first kappa shape index (κ1) is 14.2. The van der Waals surface area contributed by atoms with Gasteiger partial charge in [-0.2, -0.15) is 0 Å². The van der Waals surface area contributed by atoms with E-state index < -0.39 is 0 Å². The summed E-state index contributed by atoms with van der Waals surface area (Å²) < 4.78 is 0. The molecule has 0 aliphatic rings. The van der Waals surface area contributed by atoms with E-state index in [2.05, 4.69) is 65.1 Å². The van der Waals surface area contributed by atoms with Gasteiger partial charge in [-0.15, -0.1) is 0 Å². The van der Waals surface area contributed by atoms with Crippen LogP contribution in [0.5, 0.6) is 0 Å². The van der Waals surface area contributed by atoms with Crippen LogP contribution in [0.1, 0.15) is 44.4 Å². The third kappa shape index (κ3) is 4.16. The van der Waals surface area contributed by atoms with Crippen LogP contribution in [0.3, 0.4) is 0 Å². The number of hydrogen-bond acceptors (Lipinski definition) is 1. The van der Waals surface area contributed by atoms with Crippen LogP contribution in [-0.2, 0) is 6.54 Å². The highest BCUT2D eigenvalue weighted by atomic mass is 14.9. The lowest BCUT2D eigenvalue weighted by Crippen LogP contribution is -2.29. The van der Waals surface area contributed by atoms with E-state index >= 15 is 0 Å². The van der Waals surface area contributed by atoms with Crippen molar-refractivity contribution < 1.29 is 0 Å². The Bertz CT molecular complexity index is 360. The molecule has 1 rings (SSSR count). The van der Waals surface area contributed by atoms with E-state index in [-0.39, 0.29) is 0 Å². The Morgan fingerprint density at radius 3 is 2.41 bits per heavy atom. The number of hydrogen-bond donors (Lipinski definition) is 1. The van der Waals surface area contributed by atoms with Gasteiger partial charge in [-0.05, 0) is 48.4 Å². The Labute approximate surface area is 107 Å². The van der Waals surface area contributed by atoms with E-state index in [1.807, 2.05) is 0 Å². The van der Waals surface area contributed by atoms with Crippen molar-refractivity contribution in [1.29, 1.82) is 0 Å². The zero-order valence-corrected chi connectivity index (χ0v) is 12.2. The summed E-state index contributed by atoms with van der Waals surface area (Å²) in [5.74, 6) is 0.688. The number of nitrogens with one attached hydrogen (secondary N) is 1. The predicted molar refractivity (Wildman–Crippen MR) is 76.2 cm³/mol. The average molecular weight is 233 g/mol. The molecule has 0 radical (unpaired) electrons. The molecule has 0 aliphatic heterocycles. The summed E-state index contributed by atoms with van der Waals surface area (Å²) in [4.78, 5) is 0. The summed E-state index contributed by atoms with van der Waals surface area (Å²) in [5, 5.41) is 3.58. The van der Waals surface area contributed by atoms with Gasteiger partial charge in [0.2, 0.25) is 0 Å². The predicted octanol–water partition coefficient (Wildman–Crippen LogP) is 4.08. The molecule has 0 aliphatic carbocycles. The van der Waals surface area contributed by atoms with E-state index in [4.69, 9.17) is 0 Å². The van der Waals surface area contributed by atoms with Gasteiger partial charge in [0, 0.05) is 6.54 Å². The molecule has 1 heteroatoms. The van der Waals surface area contributed by atoms with Crippen LogP contribution in [-0.4, -0.2) is 6.54 Å². The molecule has 1 atom stereocenters. The molecule has 1 unspecified atom stereocenters. The maximum Gasteiger partial charge on any atom is 0.0208 e. The summed E-state index contributed by atoms with van der Waals surface area (Å²) in [6.07, 6.45) is 0. The zero-order valence-electron chi connectivity index (χ0n) is 12.2. The Morgan fingerprint density at radius 2 is 1.82 bits per heavy atom. The summed E-state index contributed by atoms with van der Waals surface area (Å²) in [6.45, 7) is 15.7. The highest BCUT2D eigenvalue weighted by Crippen LogP contribution is 2.24. The van der Waals surface area contributed by atoms with E-state index in [0.717, 1.165) is 13.1 Å². The number of aryl methyl sites for hydroxylation is 1. The summed E-state index contributed by atoms with van der Waals surface area (Å²) >= 11 is 0. The minimum absolute atomic E-state index is 0.384. The molecular weight excluding hydrogens is 206 g/mol. The van der Waals surface area contributed by atoms with Crippen molar-refractivity contribution in [2.75, 3.05) is 6.54 Å². The first-order valence-corrected chi connectivity index (χ1v) is 6.58. The Kier molecular flexibility index (Phi) is 4.76. The quantitative estimate of drug-likeness (QED) is 0.826. The van der Waals surface area contributed by atoms with Gasteiger partial charge >= 0.3 is 0 Å². The minimum atomic E-state index is 0.384. The molecule has 0 saturated heterocycles. The van der Waals surface area contributed by atoms with Crippen LogP contribution in [0.4, 0.5) is 0 Å². The second kappa shape index (κ2) is 5.68. The van der Waals surface area contributed by atoms with Crippen molar-refractivity contribution in [2.45, 2.75) is 48.1 Å². The molecular formula is C16H27N. The van der Waals surface area contributed by atoms with Gasteiger partial charge in [-0.1, -0.05) is 45.9 Å². The SMILES string of the molecule is Cc1cccc(CNCC(C)C(C)(C)C)c1C. The largest absolute Gasteiger partial charge is 0.312 e. The molecule has 0 aromatic heterocycles. The molecule has 0 spiro atoms. The standard InChI is InChI=1S/C16H27N/c1-12-8-7-9-15(14(12)3)11-17-10-13(2)16(4,5)6/h7-9,13,17H,10-11H2,1-6H3. The van der Waals surface area contributed by atoms with Crippen LogP contribution in [0.15, 0.2) is 18.2 Å². The summed E-state index contributed by atoms with van der Waals surface area (Å²) in [5.41, 5.74) is 4.61. The highest BCUT2D eigenvalue weighted by molar-refractivity contribution is 5.32. The normalized spacial score (nSPS) is 13.8. The molecule has 0 amide bonds. The van der Waals surface area contributed by atoms with Crippen molar-refractivity contribution in [3.05, 3.63) is 34.9 Å². The Hall–Kier alpha value is -0.820.